The van der Waals surface area contributed by atoms with Crippen molar-refractivity contribution >= 4 is 5.91 Å². The predicted molar refractivity (Wildman–Crippen MR) is 187 cm³/mol. The van der Waals surface area contributed by atoms with Gasteiger partial charge < -0.3 is 25.7 Å². The lowest BCUT2D eigenvalue weighted by Gasteiger charge is -2.27. The lowest BCUT2D eigenvalue weighted by atomic mass is 9.99. The van der Waals surface area contributed by atoms with E-state index in [1.54, 1.807) is 0 Å². The zero-order valence-electron chi connectivity index (χ0n) is 29.4. The first-order chi connectivity index (χ1) is 21.5. The van der Waals surface area contributed by atoms with E-state index in [-0.39, 0.29) is 0 Å². The van der Waals surface area contributed by atoms with Crippen LogP contribution in [0.3, 0.4) is 0 Å². The lowest BCUT2D eigenvalue weighted by Crippen LogP contribution is -2.53. The zero-order chi connectivity index (χ0) is 32.5. The molecule has 1 amide bonds. The number of aliphatic hydroxyl groups excluding tert-OH is 4. The van der Waals surface area contributed by atoms with E-state index in [0.29, 0.717) is 12.8 Å². The highest BCUT2D eigenvalue weighted by molar-refractivity contribution is 5.80. The Hall–Kier alpha value is -0.690. The summed E-state index contributed by atoms with van der Waals surface area (Å²) in [5.74, 6) is -0.588. The summed E-state index contributed by atoms with van der Waals surface area (Å²) in [5.41, 5.74) is 0. The molecular formula is C38H77NO5. The molecule has 0 aromatic heterocycles. The van der Waals surface area contributed by atoms with E-state index < -0.39 is 36.9 Å². The van der Waals surface area contributed by atoms with Crippen LogP contribution in [0.4, 0.5) is 0 Å². The van der Waals surface area contributed by atoms with Gasteiger partial charge >= 0.3 is 0 Å². The van der Waals surface area contributed by atoms with Crippen molar-refractivity contribution in [2.75, 3.05) is 6.61 Å². The van der Waals surface area contributed by atoms with Crippen LogP contribution in [-0.2, 0) is 4.79 Å². The molecule has 0 heterocycles. The fourth-order valence-electron chi connectivity index (χ4n) is 6.17. The van der Waals surface area contributed by atoms with Crippen molar-refractivity contribution in [1.29, 1.82) is 0 Å². The first-order valence-electron chi connectivity index (χ1n) is 19.4. The van der Waals surface area contributed by atoms with E-state index >= 15 is 0 Å². The minimum atomic E-state index is -1.25. The highest BCUT2D eigenvalue weighted by Gasteiger charge is 2.28. The van der Waals surface area contributed by atoms with Gasteiger partial charge in [-0.1, -0.05) is 194 Å². The van der Waals surface area contributed by atoms with Gasteiger partial charge in [-0.3, -0.25) is 4.79 Å². The summed E-state index contributed by atoms with van der Waals surface area (Å²) >= 11 is 0. The SMILES string of the molecule is CCCCCCCCCCCCCCCCCCCCCCCCCCC(O)C(=O)NC(CO)C(O)C(O)CCCCCC. The smallest absolute Gasteiger partial charge is 0.249 e. The molecule has 5 N–H and O–H groups in total. The van der Waals surface area contributed by atoms with Gasteiger partial charge in [0.1, 0.15) is 12.2 Å². The topological polar surface area (TPSA) is 110 Å². The van der Waals surface area contributed by atoms with Crippen LogP contribution in [0.5, 0.6) is 0 Å². The first kappa shape index (κ1) is 43.3. The Labute approximate surface area is 273 Å². The average molecular weight is 628 g/mol. The van der Waals surface area contributed by atoms with E-state index in [1.807, 2.05) is 0 Å². The summed E-state index contributed by atoms with van der Waals surface area (Å²) in [7, 11) is 0. The molecule has 0 aliphatic rings. The molecule has 0 radical (unpaired) electrons. The standard InChI is InChI=1S/C38H77NO5/c1-3-5-7-9-10-11-12-13-14-15-16-17-18-19-20-21-22-23-24-25-26-27-28-30-32-36(42)38(44)39-34(33-40)37(43)35(41)31-29-8-6-4-2/h34-37,40-43H,3-33H2,1-2H3,(H,39,44). The van der Waals surface area contributed by atoms with Crippen LogP contribution in [0, 0.1) is 0 Å². The second kappa shape index (κ2) is 33.7. The molecule has 0 aliphatic carbocycles. The number of carbonyl (C=O) groups excluding carboxylic acids is 1. The minimum Gasteiger partial charge on any atom is -0.394 e. The van der Waals surface area contributed by atoms with Crippen molar-refractivity contribution in [3.8, 4) is 0 Å². The third kappa shape index (κ3) is 27.6. The van der Waals surface area contributed by atoms with Gasteiger partial charge in [-0.05, 0) is 12.8 Å². The molecule has 0 bridgehead atoms. The maximum Gasteiger partial charge on any atom is 0.249 e. The molecular weight excluding hydrogens is 550 g/mol. The summed E-state index contributed by atoms with van der Waals surface area (Å²) in [6.07, 6.45) is 33.5. The molecule has 6 nitrogen and oxygen atoms in total. The Bertz CT molecular complexity index is 590. The van der Waals surface area contributed by atoms with Crippen molar-refractivity contribution in [3.05, 3.63) is 0 Å². The molecule has 0 fully saturated rings. The van der Waals surface area contributed by atoms with E-state index in [1.165, 1.54) is 135 Å². The van der Waals surface area contributed by atoms with Gasteiger partial charge in [0, 0.05) is 0 Å². The second-order valence-electron chi connectivity index (χ2n) is 13.6. The highest BCUT2D eigenvalue weighted by atomic mass is 16.3. The largest absolute Gasteiger partial charge is 0.394 e. The Morgan fingerprint density at radius 3 is 1.11 bits per heavy atom. The monoisotopic (exact) mass is 628 g/mol. The quantitative estimate of drug-likeness (QED) is 0.0450. The molecule has 4 atom stereocenters. The number of hydrogen-bond donors (Lipinski definition) is 5. The Kier molecular flexibility index (Phi) is 33.1. The van der Waals surface area contributed by atoms with Gasteiger partial charge in [-0.2, -0.15) is 0 Å². The number of amides is 1. The van der Waals surface area contributed by atoms with Gasteiger partial charge in [-0.25, -0.2) is 0 Å². The van der Waals surface area contributed by atoms with Crippen molar-refractivity contribution < 1.29 is 25.2 Å². The molecule has 0 spiro atoms. The predicted octanol–water partition coefficient (Wildman–Crippen LogP) is 9.29. The van der Waals surface area contributed by atoms with E-state index in [2.05, 4.69) is 19.2 Å². The second-order valence-corrected chi connectivity index (χ2v) is 13.6. The van der Waals surface area contributed by atoms with Gasteiger partial charge in [-0.15, -0.1) is 0 Å². The molecule has 0 saturated carbocycles. The first-order valence-corrected chi connectivity index (χ1v) is 19.4. The molecule has 44 heavy (non-hydrogen) atoms. The Morgan fingerprint density at radius 1 is 0.477 bits per heavy atom. The van der Waals surface area contributed by atoms with Gasteiger partial charge in [0.05, 0.1) is 18.8 Å². The van der Waals surface area contributed by atoms with E-state index in [9.17, 15) is 25.2 Å². The Morgan fingerprint density at radius 2 is 0.773 bits per heavy atom. The zero-order valence-corrected chi connectivity index (χ0v) is 29.4. The van der Waals surface area contributed by atoms with Crippen molar-refractivity contribution in [1.82, 2.24) is 5.32 Å². The van der Waals surface area contributed by atoms with Crippen LogP contribution in [0.2, 0.25) is 0 Å². The molecule has 4 unspecified atom stereocenters. The summed E-state index contributed by atoms with van der Waals surface area (Å²) < 4.78 is 0. The van der Waals surface area contributed by atoms with Crippen LogP contribution in [0.25, 0.3) is 0 Å². The Balaban J connectivity index is 3.52. The normalized spacial score (nSPS) is 14.4. The van der Waals surface area contributed by atoms with E-state index in [4.69, 9.17) is 0 Å². The average Bonchev–Trinajstić information content (AvgIpc) is 3.03. The molecule has 0 aromatic rings. The summed E-state index contributed by atoms with van der Waals surface area (Å²) in [6, 6.07) is -0.975. The fraction of sp³-hybridized carbons (Fsp3) is 0.974. The molecule has 0 aromatic carbocycles. The number of unbranched alkanes of at least 4 members (excludes halogenated alkanes) is 26. The number of aliphatic hydroxyl groups is 4. The molecule has 0 rings (SSSR count). The summed E-state index contributed by atoms with van der Waals surface area (Å²) in [4.78, 5) is 12.3. The number of hydrogen-bond acceptors (Lipinski definition) is 5. The summed E-state index contributed by atoms with van der Waals surface area (Å²) in [6.45, 7) is 3.91. The van der Waals surface area contributed by atoms with Gasteiger partial charge in [0.15, 0.2) is 0 Å². The van der Waals surface area contributed by atoms with Gasteiger partial charge in [0.25, 0.3) is 0 Å². The molecule has 6 heteroatoms. The summed E-state index contributed by atoms with van der Waals surface area (Å²) in [5, 5.41) is 42.9. The van der Waals surface area contributed by atoms with Crippen LogP contribution in [0.1, 0.15) is 206 Å². The van der Waals surface area contributed by atoms with Crippen LogP contribution in [-0.4, -0.2) is 57.3 Å². The van der Waals surface area contributed by atoms with Crippen molar-refractivity contribution in [3.63, 3.8) is 0 Å². The fourth-order valence-corrected chi connectivity index (χ4v) is 6.17. The van der Waals surface area contributed by atoms with E-state index in [0.717, 1.165) is 44.9 Å². The van der Waals surface area contributed by atoms with Crippen LogP contribution >= 0.6 is 0 Å². The lowest BCUT2D eigenvalue weighted by molar-refractivity contribution is -0.132. The third-order valence-electron chi connectivity index (χ3n) is 9.32. The van der Waals surface area contributed by atoms with Crippen LogP contribution in [0.15, 0.2) is 0 Å². The minimum absolute atomic E-state index is 0.374. The molecule has 0 aliphatic heterocycles. The van der Waals surface area contributed by atoms with Gasteiger partial charge in [0.2, 0.25) is 5.91 Å². The maximum atomic E-state index is 12.3. The molecule has 264 valence electrons. The van der Waals surface area contributed by atoms with Crippen molar-refractivity contribution in [2.45, 2.75) is 231 Å². The number of carbonyl (C=O) groups is 1. The number of nitrogens with one attached hydrogen (secondary N) is 1. The van der Waals surface area contributed by atoms with Crippen molar-refractivity contribution in [2.24, 2.45) is 0 Å². The molecule has 0 saturated heterocycles. The third-order valence-corrected chi connectivity index (χ3v) is 9.32. The van der Waals surface area contributed by atoms with Crippen LogP contribution < -0.4 is 5.32 Å². The highest BCUT2D eigenvalue weighted by Crippen LogP contribution is 2.16. The number of rotatable bonds is 35. The maximum absolute atomic E-state index is 12.3.